The summed E-state index contributed by atoms with van der Waals surface area (Å²) < 4.78 is 43.3. The van der Waals surface area contributed by atoms with E-state index in [0.717, 1.165) is 36.2 Å². The number of carbonyl (C=O) groups excluding carboxylic acids is 1. The van der Waals surface area contributed by atoms with Crippen LogP contribution in [0.5, 0.6) is 5.75 Å². The van der Waals surface area contributed by atoms with Crippen molar-refractivity contribution in [3.63, 3.8) is 0 Å². The van der Waals surface area contributed by atoms with E-state index >= 15 is 0 Å². The summed E-state index contributed by atoms with van der Waals surface area (Å²) in [4.78, 5) is 31.2. The van der Waals surface area contributed by atoms with Gasteiger partial charge in [0.05, 0.1) is 11.9 Å². The van der Waals surface area contributed by atoms with Crippen molar-refractivity contribution < 1.29 is 32.6 Å². The molecule has 0 fully saturated rings. The predicted octanol–water partition coefficient (Wildman–Crippen LogP) is 3.37. The largest absolute Gasteiger partial charge is 0.479 e. The van der Waals surface area contributed by atoms with E-state index in [0.29, 0.717) is 12.2 Å². The Morgan fingerprint density at radius 3 is 2.45 bits per heavy atom. The molecule has 2 rings (SSSR count). The third kappa shape index (κ3) is 6.95. The maximum atomic E-state index is 12.7. The number of hydrogen-bond acceptors (Lipinski definition) is 4. The molecular weight excluding hydrogens is 415 g/mol. The molecule has 31 heavy (non-hydrogen) atoms. The topological polar surface area (TPSA) is 114 Å². The van der Waals surface area contributed by atoms with Gasteiger partial charge in [0.25, 0.3) is 0 Å². The number of carbonyl (C=O) groups is 2. The fraction of sp³-hybridized carbons (Fsp3) is 0.238. The van der Waals surface area contributed by atoms with Gasteiger partial charge in [-0.2, -0.15) is 13.2 Å². The van der Waals surface area contributed by atoms with Crippen LogP contribution in [0.1, 0.15) is 28.4 Å². The fourth-order valence-corrected chi connectivity index (χ4v) is 2.50. The molecule has 0 aliphatic carbocycles. The summed E-state index contributed by atoms with van der Waals surface area (Å²) in [6, 6.07) is 10.4. The second-order valence-corrected chi connectivity index (χ2v) is 6.38. The number of carboxylic acids is 1. The number of ketones is 1. The highest BCUT2D eigenvalue weighted by molar-refractivity contribution is 6.46. The predicted molar refractivity (Wildman–Crippen MR) is 109 cm³/mol. The first-order chi connectivity index (χ1) is 14.6. The van der Waals surface area contributed by atoms with Crippen LogP contribution < -0.4 is 10.5 Å². The molecule has 2 aromatic rings. The molecule has 0 heterocycles. The average molecular weight is 435 g/mol. The van der Waals surface area contributed by atoms with Crippen LogP contribution in [0.25, 0.3) is 0 Å². The van der Waals surface area contributed by atoms with E-state index in [9.17, 15) is 22.8 Å². The van der Waals surface area contributed by atoms with Crippen molar-refractivity contribution >= 4 is 23.9 Å². The maximum absolute atomic E-state index is 12.7. The molecule has 0 bridgehead atoms. The lowest BCUT2D eigenvalue weighted by molar-refractivity contribution is -0.144. The van der Waals surface area contributed by atoms with Crippen molar-refractivity contribution in [3.8, 4) is 5.75 Å². The number of halogens is 3. The van der Waals surface area contributed by atoms with Gasteiger partial charge < -0.3 is 15.6 Å². The summed E-state index contributed by atoms with van der Waals surface area (Å²) in [5, 5.41) is 8.91. The minimum atomic E-state index is -4.51. The molecule has 2 aromatic carbocycles. The Morgan fingerprint density at radius 2 is 1.87 bits per heavy atom. The molecule has 0 saturated heterocycles. The number of carboxylic acid groups (broad SMARTS) is 1. The summed E-state index contributed by atoms with van der Waals surface area (Å²) in [6.07, 6.45) is -4.26. The summed E-state index contributed by atoms with van der Waals surface area (Å²) in [5.74, 6) is -1.63. The molecule has 10 heteroatoms. The number of benzene rings is 2. The van der Waals surface area contributed by atoms with Crippen molar-refractivity contribution in [2.75, 3.05) is 6.54 Å². The minimum absolute atomic E-state index is 0.00425. The minimum Gasteiger partial charge on any atom is -0.479 e. The molecule has 0 unspecified atom stereocenters. The van der Waals surface area contributed by atoms with Crippen molar-refractivity contribution in [3.05, 3.63) is 65.2 Å². The Balaban J connectivity index is 2.09. The normalized spacial score (nSPS) is 13.2. The van der Waals surface area contributed by atoms with Gasteiger partial charge in [0, 0.05) is 12.1 Å². The molecule has 0 amide bonds. The summed E-state index contributed by atoms with van der Waals surface area (Å²) >= 11 is 0. The van der Waals surface area contributed by atoms with Crippen LogP contribution in [0, 0.1) is 0 Å². The van der Waals surface area contributed by atoms with Gasteiger partial charge in [0.2, 0.25) is 5.78 Å². The van der Waals surface area contributed by atoms with Crippen molar-refractivity contribution in [1.82, 2.24) is 0 Å². The van der Waals surface area contributed by atoms with Gasteiger partial charge >= 0.3 is 12.1 Å². The molecule has 0 aliphatic rings. The van der Waals surface area contributed by atoms with Crippen LogP contribution in [-0.4, -0.2) is 41.7 Å². The molecule has 1 atom stereocenters. The zero-order valence-electron chi connectivity index (χ0n) is 16.5. The van der Waals surface area contributed by atoms with E-state index in [2.05, 4.69) is 9.98 Å². The highest BCUT2D eigenvalue weighted by atomic mass is 19.4. The smallest absolute Gasteiger partial charge is 0.416 e. The number of aliphatic imine (C=N–C) groups is 2. The van der Waals surface area contributed by atoms with Gasteiger partial charge in [-0.3, -0.25) is 9.79 Å². The van der Waals surface area contributed by atoms with Gasteiger partial charge in [-0.15, -0.1) is 0 Å². The first kappa shape index (κ1) is 23.6. The zero-order valence-corrected chi connectivity index (χ0v) is 16.5. The SMILES string of the molecule is C[C@H](Oc1cccc(CCN=C(N=CN)C(=O)c2ccc(C(F)(F)F)cc2)c1)C(=O)O. The van der Waals surface area contributed by atoms with Crippen molar-refractivity contribution in [2.45, 2.75) is 25.6 Å². The third-order valence-corrected chi connectivity index (χ3v) is 4.10. The third-order valence-electron chi connectivity index (χ3n) is 4.10. The molecule has 3 N–H and O–H groups in total. The van der Waals surface area contributed by atoms with E-state index in [-0.39, 0.29) is 17.9 Å². The number of amidine groups is 1. The fourth-order valence-electron chi connectivity index (χ4n) is 2.50. The van der Waals surface area contributed by atoms with Gasteiger partial charge in [-0.05, 0) is 43.2 Å². The molecule has 164 valence electrons. The van der Waals surface area contributed by atoms with Crippen LogP contribution in [0.2, 0.25) is 0 Å². The molecule has 0 saturated carbocycles. The second-order valence-electron chi connectivity index (χ2n) is 6.38. The van der Waals surface area contributed by atoms with Crippen molar-refractivity contribution in [1.29, 1.82) is 0 Å². The van der Waals surface area contributed by atoms with Crippen LogP contribution in [0.4, 0.5) is 13.2 Å². The van der Waals surface area contributed by atoms with Crippen LogP contribution in [0.15, 0.2) is 58.5 Å². The number of aliphatic carboxylic acids is 1. The van der Waals surface area contributed by atoms with E-state index < -0.39 is 29.6 Å². The summed E-state index contributed by atoms with van der Waals surface area (Å²) in [7, 11) is 0. The second kappa shape index (κ2) is 10.4. The highest BCUT2D eigenvalue weighted by Gasteiger charge is 2.30. The number of nitrogens with zero attached hydrogens (tertiary/aromatic N) is 2. The van der Waals surface area contributed by atoms with Gasteiger partial charge in [-0.1, -0.05) is 24.3 Å². The number of nitrogens with two attached hydrogens (primary N) is 1. The average Bonchev–Trinajstić information content (AvgIpc) is 2.72. The number of alkyl halides is 3. The van der Waals surface area contributed by atoms with E-state index in [1.165, 1.54) is 6.92 Å². The molecule has 0 spiro atoms. The number of rotatable bonds is 8. The van der Waals surface area contributed by atoms with Crippen molar-refractivity contribution in [2.24, 2.45) is 15.7 Å². The first-order valence-corrected chi connectivity index (χ1v) is 9.11. The Kier molecular flexibility index (Phi) is 7.89. The Morgan fingerprint density at radius 1 is 1.19 bits per heavy atom. The van der Waals surface area contributed by atoms with Gasteiger partial charge in [0.1, 0.15) is 5.75 Å². The lowest BCUT2D eigenvalue weighted by Crippen LogP contribution is -2.22. The van der Waals surface area contributed by atoms with Crippen LogP contribution in [-0.2, 0) is 17.4 Å². The standard InChI is InChI=1S/C21H20F3N3O4/c1-13(20(29)30)31-17-4-2-3-14(11-17)9-10-26-19(27-12-25)18(28)15-5-7-16(8-6-15)21(22,23)24/h2-8,11-13H,9-10H2,1H3,(H,29,30)(H2,25,26,27)/t13-/m0/s1. The quantitative estimate of drug-likeness (QED) is 0.375. The number of Topliss-reactive ketones (excluding diaryl/α,β-unsaturated/α-hetero) is 1. The van der Waals surface area contributed by atoms with E-state index in [1.807, 2.05) is 0 Å². The lowest BCUT2D eigenvalue weighted by atomic mass is 10.1. The zero-order chi connectivity index (χ0) is 23.0. The van der Waals surface area contributed by atoms with E-state index in [1.54, 1.807) is 24.3 Å². The first-order valence-electron chi connectivity index (χ1n) is 9.11. The van der Waals surface area contributed by atoms with E-state index in [4.69, 9.17) is 15.6 Å². The maximum Gasteiger partial charge on any atom is 0.416 e. The molecule has 0 radical (unpaired) electrons. The lowest BCUT2D eigenvalue weighted by Gasteiger charge is -2.11. The monoisotopic (exact) mass is 435 g/mol. The Labute approximate surface area is 176 Å². The number of ether oxygens (including phenoxy) is 1. The summed E-state index contributed by atoms with van der Waals surface area (Å²) in [5.41, 5.74) is 5.16. The Hall–Kier alpha value is -3.69. The molecule has 0 aromatic heterocycles. The number of hydrogen-bond donors (Lipinski definition) is 2. The molecule has 7 nitrogen and oxygen atoms in total. The van der Waals surface area contributed by atoms with Gasteiger partial charge in [-0.25, -0.2) is 9.79 Å². The highest BCUT2D eigenvalue weighted by Crippen LogP contribution is 2.29. The van der Waals surface area contributed by atoms with Gasteiger partial charge in [0.15, 0.2) is 11.9 Å². The van der Waals surface area contributed by atoms with Crippen LogP contribution >= 0.6 is 0 Å². The van der Waals surface area contributed by atoms with Crippen LogP contribution in [0.3, 0.4) is 0 Å². The molecular formula is C21H20F3N3O4. The Bertz CT molecular complexity index is 986. The molecule has 0 aliphatic heterocycles. The summed E-state index contributed by atoms with van der Waals surface area (Å²) in [6.45, 7) is 1.54.